The van der Waals surface area contributed by atoms with E-state index in [9.17, 15) is 18.6 Å². The summed E-state index contributed by atoms with van der Waals surface area (Å²) >= 11 is 0. The summed E-state index contributed by atoms with van der Waals surface area (Å²) < 4.78 is 30.1. The van der Waals surface area contributed by atoms with Crippen LogP contribution in [0.2, 0.25) is 0 Å². The number of rotatable bonds is 4. The monoisotopic (exact) mass is 330 g/mol. The van der Waals surface area contributed by atoms with Crippen molar-refractivity contribution in [1.82, 2.24) is 0 Å². The van der Waals surface area contributed by atoms with Crippen LogP contribution in [0.4, 0.5) is 0 Å². The van der Waals surface area contributed by atoms with Gasteiger partial charge in [0.05, 0.1) is 11.3 Å². The first kappa shape index (κ1) is 15.4. The highest BCUT2D eigenvalue weighted by molar-refractivity contribution is 7.70. The highest BCUT2D eigenvalue weighted by Crippen LogP contribution is 2.58. The van der Waals surface area contributed by atoms with Gasteiger partial charge in [0, 0.05) is 26.4 Å². The van der Waals surface area contributed by atoms with Crippen molar-refractivity contribution < 1.29 is 32.2 Å². The summed E-state index contributed by atoms with van der Waals surface area (Å²) in [5.74, 6) is -1.47. The molecule has 2 saturated carbocycles. The fourth-order valence-corrected chi connectivity index (χ4v) is 4.59. The van der Waals surface area contributed by atoms with Crippen LogP contribution >= 0.6 is 0 Å². The Morgan fingerprint density at radius 1 is 1.41 bits per heavy atom. The van der Waals surface area contributed by atoms with Crippen molar-refractivity contribution in [2.24, 2.45) is 15.7 Å². The molecule has 8 nitrogen and oxygen atoms in total. The lowest BCUT2D eigenvalue weighted by molar-refractivity contribution is -0.173. The third-order valence-corrected chi connectivity index (χ3v) is 5.40. The van der Waals surface area contributed by atoms with Gasteiger partial charge in [0.25, 0.3) is 6.47 Å². The molecule has 0 N–H and O–H groups in total. The van der Waals surface area contributed by atoms with Crippen LogP contribution < -0.4 is 0 Å². The van der Waals surface area contributed by atoms with Gasteiger partial charge in [0.2, 0.25) is 5.91 Å². The maximum atomic E-state index is 12.5. The number of fused-ring (bicyclic) bond motifs is 1. The maximum Gasteiger partial charge on any atom is 0.309 e. The lowest BCUT2D eigenvalue weighted by atomic mass is 9.56. The van der Waals surface area contributed by atoms with Gasteiger partial charge in [-0.05, 0) is 12.8 Å². The number of esters is 1. The third-order valence-electron chi connectivity index (χ3n) is 4.80. The van der Waals surface area contributed by atoms with Gasteiger partial charge in [0.15, 0.2) is 0 Å². The molecule has 0 aromatic heterocycles. The second kappa shape index (κ2) is 5.31. The van der Waals surface area contributed by atoms with Gasteiger partial charge >= 0.3 is 5.97 Å². The Hall–Kier alpha value is -1.48. The van der Waals surface area contributed by atoms with Crippen LogP contribution in [0.25, 0.3) is 0 Å². The number of nitrogens with zero attached hydrogens (tertiary/aromatic N) is 1. The Bertz CT molecular complexity index is 614. The molecule has 0 aromatic rings. The average molecular weight is 330 g/mol. The molecule has 4 rings (SSSR count). The molecule has 2 aliphatic heterocycles. The van der Waals surface area contributed by atoms with Crippen LogP contribution in [0, 0.1) is 11.3 Å². The van der Waals surface area contributed by atoms with Crippen LogP contribution in [0.1, 0.15) is 32.1 Å². The Morgan fingerprint density at radius 3 is 2.86 bits per heavy atom. The Labute approximate surface area is 128 Å². The van der Waals surface area contributed by atoms with Crippen LogP contribution in [0.15, 0.2) is 4.36 Å². The third kappa shape index (κ3) is 2.41. The molecule has 2 aliphatic carbocycles. The van der Waals surface area contributed by atoms with Crippen molar-refractivity contribution in [3.8, 4) is 0 Å². The van der Waals surface area contributed by atoms with E-state index >= 15 is 0 Å². The van der Waals surface area contributed by atoms with Crippen molar-refractivity contribution in [3.05, 3.63) is 0 Å². The van der Waals surface area contributed by atoms with E-state index in [1.165, 1.54) is 7.11 Å². The topological polar surface area (TPSA) is 108 Å². The largest absolute Gasteiger partial charge is 0.462 e. The van der Waals surface area contributed by atoms with Gasteiger partial charge in [-0.2, -0.15) is 0 Å². The molecule has 2 heterocycles. The van der Waals surface area contributed by atoms with E-state index in [1.54, 1.807) is 0 Å². The first-order valence-corrected chi connectivity index (χ1v) is 8.00. The lowest BCUT2D eigenvalue weighted by Gasteiger charge is -2.50. The van der Waals surface area contributed by atoms with E-state index in [-0.39, 0.29) is 18.8 Å². The zero-order valence-electron chi connectivity index (χ0n) is 12.0. The molecule has 4 fully saturated rings. The molecule has 0 radical (unpaired) electrons. The number of ether oxygens (including phenoxy) is 2. The van der Waals surface area contributed by atoms with Gasteiger partial charge in [-0.25, -0.2) is 0 Å². The van der Waals surface area contributed by atoms with Crippen molar-refractivity contribution >= 4 is 29.2 Å². The molecule has 0 spiro atoms. The van der Waals surface area contributed by atoms with E-state index < -0.39 is 39.8 Å². The summed E-state index contributed by atoms with van der Waals surface area (Å²) in [5.41, 5.74) is -1.88. The number of hydrogen-bond acceptors (Lipinski definition) is 8. The summed E-state index contributed by atoms with van der Waals surface area (Å²) in [6.45, 7) is 0.347. The molecular formula is C13H16NO7S-. The van der Waals surface area contributed by atoms with Crippen LogP contribution in [0.3, 0.4) is 0 Å². The fraction of sp³-hybridized carbons (Fsp3) is 0.769. The molecule has 1 amide bonds. The fourth-order valence-electron chi connectivity index (χ4n) is 4.19. The SMILES string of the molecule is CO[S-](=O)=NC(=O)C12CC3CC(OC=O)(CC(C1)C(=O)O3)C2. The molecule has 0 aromatic carbocycles. The summed E-state index contributed by atoms with van der Waals surface area (Å²) in [7, 11) is -0.879. The first-order valence-electron chi connectivity index (χ1n) is 6.96. The van der Waals surface area contributed by atoms with Crippen LogP contribution in [-0.4, -0.2) is 37.2 Å². The van der Waals surface area contributed by atoms with Gasteiger partial charge in [-0.15, -0.1) is 0 Å². The second-order valence-corrected chi connectivity index (χ2v) is 7.16. The predicted molar refractivity (Wildman–Crippen MR) is 71.3 cm³/mol. The van der Waals surface area contributed by atoms with Crippen molar-refractivity contribution in [1.29, 1.82) is 0 Å². The molecule has 122 valence electrons. The maximum absolute atomic E-state index is 12.5. The molecule has 22 heavy (non-hydrogen) atoms. The number of amides is 1. The van der Waals surface area contributed by atoms with E-state index in [1.807, 2.05) is 0 Å². The minimum atomic E-state index is -2.06. The standard InChI is InChI=1S/C13H16NO7S/c1-19-22(18)14-11(17)12-2-8-3-13(6-12,20-7-15)5-9(4-12)21-10(8)16/h7-9H,2-6H2,1H3/q-1. The Kier molecular flexibility index (Phi) is 3.72. The Balaban J connectivity index is 2.02. The molecule has 4 bridgehead atoms. The number of carbonyl (C=O) groups is 3. The Morgan fingerprint density at radius 2 is 2.18 bits per heavy atom. The average Bonchev–Trinajstić information content (AvgIpc) is 2.60. The van der Waals surface area contributed by atoms with E-state index in [0.717, 1.165) is 0 Å². The highest BCUT2D eigenvalue weighted by atomic mass is 32.2. The summed E-state index contributed by atoms with van der Waals surface area (Å²) in [6.07, 6.45) is 1.09. The van der Waals surface area contributed by atoms with Gasteiger partial charge in [-0.3, -0.25) is 14.4 Å². The zero-order valence-corrected chi connectivity index (χ0v) is 12.8. The molecule has 4 atom stereocenters. The van der Waals surface area contributed by atoms with Gasteiger partial charge < -0.3 is 22.2 Å². The van der Waals surface area contributed by atoms with E-state index in [4.69, 9.17) is 9.47 Å². The van der Waals surface area contributed by atoms with Crippen LogP contribution in [0.5, 0.6) is 0 Å². The zero-order chi connectivity index (χ0) is 16.0. The molecule has 9 heteroatoms. The number of carbonyl (C=O) groups excluding carboxylic acids is 3. The molecule has 4 unspecified atom stereocenters. The number of hydrogen-bond donors (Lipinski definition) is 0. The molecule has 2 saturated heterocycles. The molecular weight excluding hydrogens is 314 g/mol. The quantitative estimate of drug-likeness (QED) is 0.423. The van der Waals surface area contributed by atoms with Gasteiger partial charge in [0.1, 0.15) is 11.7 Å². The normalized spacial score (nSPS) is 40.9. The first-order chi connectivity index (χ1) is 10.4. The minimum Gasteiger partial charge on any atom is -0.462 e. The van der Waals surface area contributed by atoms with E-state index in [2.05, 4.69) is 8.55 Å². The van der Waals surface area contributed by atoms with E-state index in [0.29, 0.717) is 25.7 Å². The predicted octanol–water partition coefficient (Wildman–Crippen LogP) is 0.639. The van der Waals surface area contributed by atoms with Gasteiger partial charge in [-0.1, -0.05) is 10.9 Å². The summed E-state index contributed by atoms with van der Waals surface area (Å²) in [6, 6.07) is 0. The van der Waals surface area contributed by atoms with Crippen molar-refractivity contribution in [2.45, 2.75) is 43.8 Å². The highest BCUT2D eigenvalue weighted by Gasteiger charge is 2.62. The summed E-state index contributed by atoms with van der Waals surface area (Å²) in [5, 5.41) is 0. The smallest absolute Gasteiger partial charge is 0.309 e. The van der Waals surface area contributed by atoms with Crippen LogP contribution in [-0.2, 0) is 43.1 Å². The molecule has 4 aliphatic rings. The van der Waals surface area contributed by atoms with Crippen molar-refractivity contribution in [2.75, 3.05) is 7.11 Å². The lowest BCUT2D eigenvalue weighted by Crippen LogP contribution is -2.54. The minimum absolute atomic E-state index is 0.269. The summed E-state index contributed by atoms with van der Waals surface area (Å²) in [4.78, 5) is 35.4. The van der Waals surface area contributed by atoms with Crippen molar-refractivity contribution in [3.63, 3.8) is 0 Å². The second-order valence-electron chi connectivity index (χ2n) is 6.21.